The lowest BCUT2D eigenvalue weighted by Gasteiger charge is -2.19. The molecule has 0 amide bonds. The molecule has 3 aromatic rings. The minimum atomic E-state index is 0.292. The number of aryl methyl sites for hydroxylation is 1. The van der Waals surface area contributed by atoms with Crippen LogP contribution in [0.1, 0.15) is 23.6 Å². The van der Waals surface area contributed by atoms with Gasteiger partial charge in [-0.2, -0.15) is 0 Å². The summed E-state index contributed by atoms with van der Waals surface area (Å²) in [6.07, 6.45) is 2.19. The summed E-state index contributed by atoms with van der Waals surface area (Å²) in [4.78, 5) is 0. The Morgan fingerprint density at radius 2 is 1.56 bits per heavy atom. The second kappa shape index (κ2) is 7.08. The average molecular weight is 344 g/mol. The van der Waals surface area contributed by atoms with Crippen LogP contribution in [-0.2, 0) is 6.42 Å². The average Bonchev–Trinajstić information content (AvgIpc) is 3.06. The third-order valence-electron chi connectivity index (χ3n) is 4.70. The summed E-state index contributed by atoms with van der Waals surface area (Å²) in [5, 5.41) is 7.54. The van der Waals surface area contributed by atoms with E-state index < -0.39 is 0 Å². The van der Waals surface area contributed by atoms with Crippen LogP contribution in [0.25, 0.3) is 11.1 Å². The molecule has 0 bridgehead atoms. The molecule has 0 radical (unpaired) electrons. The van der Waals surface area contributed by atoms with Gasteiger partial charge in [-0.3, -0.25) is 0 Å². The van der Waals surface area contributed by atoms with Crippen LogP contribution in [0.15, 0.2) is 78.9 Å². The highest BCUT2D eigenvalue weighted by Gasteiger charge is 2.22. The first-order valence-electron chi connectivity index (χ1n) is 8.61. The highest BCUT2D eigenvalue weighted by molar-refractivity contribution is 7.80. The molecule has 3 aromatic carbocycles. The lowest BCUT2D eigenvalue weighted by atomic mass is 10.0. The fourth-order valence-electron chi connectivity index (χ4n) is 3.49. The molecule has 1 aliphatic carbocycles. The van der Waals surface area contributed by atoms with Crippen molar-refractivity contribution in [3.63, 3.8) is 0 Å². The molecule has 1 unspecified atom stereocenters. The SMILES string of the molecule is S=C(Nc1ccccc1-c1ccccc1)NC1CCc2ccccc21. The van der Waals surface area contributed by atoms with E-state index in [0.29, 0.717) is 11.2 Å². The van der Waals surface area contributed by atoms with Gasteiger partial charge < -0.3 is 10.6 Å². The van der Waals surface area contributed by atoms with Crippen molar-refractivity contribution in [2.75, 3.05) is 5.32 Å². The van der Waals surface area contributed by atoms with E-state index in [4.69, 9.17) is 12.2 Å². The molecule has 25 heavy (non-hydrogen) atoms. The first-order valence-corrected chi connectivity index (χ1v) is 9.02. The van der Waals surface area contributed by atoms with Crippen LogP contribution in [-0.4, -0.2) is 5.11 Å². The molecular formula is C22H20N2S. The van der Waals surface area contributed by atoms with E-state index in [9.17, 15) is 0 Å². The molecule has 0 heterocycles. The van der Waals surface area contributed by atoms with E-state index in [1.54, 1.807) is 0 Å². The van der Waals surface area contributed by atoms with Gasteiger partial charge in [0.05, 0.1) is 6.04 Å². The highest BCUT2D eigenvalue weighted by Crippen LogP contribution is 2.31. The van der Waals surface area contributed by atoms with Crippen LogP contribution in [0.4, 0.5) is 5.69 Å². The topological polar surface area (TPSA) is 24.1 Å². The third-order valence-corrected chi connectivity index (χ3v) is 4.92. The Morgan fingerprint density at radius 1 is 0.840 bits per heavy atom. The van der Waals surface area contributed by atoms with Crippen molar-refractivity contribution in [1.82, 2.24) is 5.32 Å². The normalized spacial score (nSPS) is 15.4. The molecule has 0 spiro atoms. The molecule has 4 rings (SSSR count). The molecule has 2 N–H and O–H groups in total. The van der Waals surface area contributed by atoms with Gasteiger partial charge in [-0.15, -0.1) is 0 Å². The maximum atomic E-state index is 5.59. The van der Waals surface area contributed by atoms with Gasteiger partial charge in [-0.25, -0.2) is 0 Å². The predicted molar refractivity (Wildman–Crippen MR) is 109 cm³/mol. The van der Waals surface area contributed by atoms with Gasteiger partial charge in [-0.05, 0) is 47.8 Å². The maximum absolute atomic E-state index is 5.59. The number of anilines is 1. The summed E-state index contributed by atoms with van der Waals surface area (Å²) in [6, 6.07) is 27.5. The zero-order chi connectivity index (χ0) is 17.1. The van der Waals surface area contributed by atoms with Gasteiger partial charge in [0.15, 0.2) is 5.11 Å². The fourth-order valence-corrected chi connectivity index (χ4v) is 3.74. The van der Waals surface area contributed by atoms with Gasteiger partial charge in [0.1, 0.15) is 0 Å². The smallest absolute Gasteiger partial charge is 0.171 e. The number of nitrogens with one attached hydrogen (secondary N) is 2. The molecule has 124 valence electrons. The van der Waals surface area contributed by atoms with Crippen LogP contribution >= 0.6 is 12.2 Å². The van der Waals surface area contributed by atoms with E-state index in [1.807, 2.05) is 12.1 Å². The molecule has 1 aliphatic rings. The Bertz CT molecular complexity index is 889. The number of rotatable bonds is 3. The van der Waals surface area contributed by atoms with Crippen molar-refractivity contribution >= 4 is 23.0 Å². The Balaban J connectivity index is 1.51. The zero-order valence-electron chi connectivity index (χ0n) is 13.9. The first-order chi connectivity index (χ1) is 12.3. The highest BCUT2D eigenvalue weighted by atomic mass is 32.1. The first kappa shape index (κ1) is 15.9. The maximum Gasteiger partial charge on any atom is 0.171 e. The van der Waals surface area contributed by atoms with Crippen LogP contribution in [0.5, 0.6) is 0 Å². The summed E-state index contributed by atoms with van der Waals surface area (Å²) in [7, 11) is 0. The van der Waals surface area contributed by atoms with Crippen molar-refractivity contribution in [3.05, 3.63) is 90.0 Å². The number of thiocarbonyl (C=S) groups is 1. The second-order valence-electron chi connectivity index (χ2n) is 6.30. The van der Waals surface area contributed by atoms with Crippen molar-refractivity contribution in [1.29, 1.82) is 0 Å². The lowest BCUT2D eigenvalue weighted by Crippen LogP contribution is -2.31. The van der Waals surface area contributed by atoms with Crippen LogP contribution in [0.3, 0.4) is 0 Å². The third kappa shape index (κ3) is 3.42. The summed E-state index contributed by atoms with van der Waals surface area (Å²) < 4.78 is 0. The largest absolute Gasteiger partial charge is 0.356 e. The van der Waals surface area contributed by atoms with Gasteiger partial charge in [0.25, 0.3) is 0 Å². The molecular weight excluding hydrogens is 324 g/mol. The monoisotopic (exact) mass is 344 g/mol. The van der Waals surface area contributed by atoms with E-state index in [-0.39, 0.29) is 0 Å². The Kier molecular flexibility index (Phi) is 4.49. The number of hydrogen-bond donors (Lipinski definition) is 2. The molecule has 0 fully saturated rings. The molecule has 0 aromatic heterocycles. The standard InChI is InChI=1S/C22H20N2S/c25-22(24-21-15-14-17-10-4-5-11-19(17)21)23-20-13-7-6-12-18(20)16-8-2-1-3-9-16/h1-13,21H,14-15H2,(H2,23,24,25). The minimum absolute atomic E-state index is 0.292. The van der Waals surface area contributed by atoms with E-state index in [2.05, 4.69) is 77.4 Å². The molecule has 3 heteroatoms. The van der Waals surface area contributed by atoms with Crippen LogP contribution < -0.4 is 10.6 Å². The zero-order valence-corrected chi connectivity index (χ0v) is 14.7. The Morgan fingerprint density at radius 3 is 2.44 bits per heavy atom. The Hall–Kier alpha value is -2.65. The Labute approximate surface area is 153 Å². The minimum Gasteiger partial charge on any atom is -0.356 e. The summed E-state index contributed by atoms with van der Waals surface area (Å²) in [5.41, 5.74) is 6.15. The van der Waals surface area contributed by atoms with Gasteiger partial charge >= 0.3 is 0 Å². The predicted octanol–water partition coefficient (Wildman–Crippen LogP) is 5.33. The number of hydrogen-bond acceptors (Lipinski definition) is 1. The van der Waals surface area contributed by atoms with E-state index in [1.165, 1.54) is 16.7 Å². The second-order valence-corrected chi connectivity index (χ2v) is 6.71. The lowest BCUT2D eigenvalue weighted by molar-refractivity contribution is 0.644. The number of fused-ring (bicyclic) bond motifs is 1. The summed E-state index contributed by atoms with van der Waals surface area (Å²) in [6.45, 7) is 0. The van der Waals surface area contributed by atoms with Gasteiger partial charge in [-0.1, -0.05) is 72.8 Å². The molecule has 0 saturated carbocycles. The van der Waals surface area contributed by atoms with Gasteiger partial charge in [0.2, 0.25) is 0 Å². The van der Waals surface area contributed by atoms with Crippen molar-refractivity contribution in [2.24, 2.45) is 0 Å². The fraction of sp³-hybridized carbons (Fsp3) is 0.136. The molecule has 0 saturated heterocycles. The van der Waals surface area contributed by atoms with Crippen molar-refractivity contribution in [3.8, 4) is 11.1 Å². The molecule has 0 aliphatic heterocycles. The number of para-hydroxylation sites is 1. The van der Waals surface area contributed by atoms with E-state index in [0.717, 1.165) is 24.1 Å². The van der Waals surface area contributed by atoms with Gasteiger partial charge in [0, 0.05) is 11.3 Å². The quantitative estimate of drug-likeness (QED) is 0.628. The van der Waals surface area contributed by atoms with Crippen LogP contribution in [0.2, 0.25) is 0 Å². The summed E-state index contributed by atoms with van der Waals surface area (Å²) >= 11 is 5.59. The van der Waals surface area contributed by atoms with E-state index >= 15 is 0 Å². The number of benzene rings is 3. The van der Waals surface area contributed by atoms with Crippen molar-refractivity contribution < 1.29 is 0 Å². The van der Waals surface area contributed by atoms with Crippen molar-refractivity contribution in [2.45, 2.75) is 18.9 Å². The molecule has 1 atom stereocenters. The van der Waals surface area contributed by atoms with Crippen LogP contribution in [0, 0.1) is 0 Å². The summed E-state index contributed by atoms with van der Waals surface area (Å²) in [5.74, 6) is 0. The molecule has 2 nitrogen and oxygen atoms in total.